The molecule has 10 heteroatoms. The average molecular weight is 466 g/mol. The molecule has 0 aliphatic carbocycles. The van der Waals surface area contributed by atoms with Crippen molar-refractivity contribution < 1.29 is 9.59 Å². The van der Waals surface area contributed by atoms with Crippen molar-refractivity contribution in [2.24, 2.45) is 11.8 Å². The zero-order chi connectivity index (χ0) is 24.8. The third kappa shape index (κ3) is 6.37. The number of benzene rings is 1. The zero-order valence-electron chi connectivity index (χ0n) is 19.9. The van der Waals surface area contributed by atoms with Gasteiger partial charge in [0, 0.05) is 29.6 Å². The number of H-pyrrole nitrogens is 1. The van der Waals surface area contributed by atoms with Crippen molar-refractivity contribution in [2.75, 3.05) is 11.1 Å². The molecule has 2 heterocycles. The number of nitrogens with zero attached hydrogens (tertiary/aromatic N) is 3. The summed E-state index contributed by atoms with van der Waals surface area (Å²) in [5.41, 5.74) is 7.25. The van der Waals surface area contributed by atoms with Crippen molar-refractivity contribution in [3.8, 4) is 0 Å². The topological polar surface area (TPSA) is 156 Å². The van der Waals surface area contributed by atoms with Crippen molar-refractivity contribution in [3.63, 3.8) is 0 Å². The molecule has 0 saturated carbocycles. The minimum absolute atomic E-state index is 0.00888. The van der Waals surface area contributed by atoms with Crippen LogP contribution in [0.15, 0.2) is 35.3 Å². The van der Waals surface area contributed by atoms with Gasteiger partial charge in [0.2, 0.25) is 5.95 Å². The number of hydrogen-bond donors (Lipinski definition) is 4. The van der Waals surface area contributed by atoms with Crippen LogP contribution in [0.5, 0.6) is 0 Å². The number of carbonyl (C=O) groups is 2. The van der Waals surface area contributed by atoms with Crippen molar-refractivity contribution in [3.05, 3.63) is 52.1 Å². The van der Waals surface area contributed by atoms with Crippen molar-refractivity contribution in [1.82, 2.24) is 25.3 Å². The van der Waals surface area contributed by atoms with E-state index >= 15 is 0 Å². The number of hydrogen-bond acceptors (Lipinski definition) is 8. The number of aromatic amines is 1. The summed E-state index contributed by atoms with van der Waals surface area (Å²) in [6, 6.07) is 6.92. The van der Waals surface area contributed by atoms with Crippen LogP contribution in [0.4, 0.5) is 11.6 Å². The molecule has 1 aromatic carbocycles. The molecule has 3 rings (SSSR count). The molecule has 180 valence electrons. The van der Waals surface area contributed by atoms with Crippen molar-refractivity contribution in [1.29, 1.82) is 0 Å². The van der Waals surface area contributed by atoms with Gasteiger partial charge in [-0.05, 0) is 43.5 Å². The maximum atomic E-state index is 12.5. The first-order chi connectivity index (χ1) is 16.1. The van der Waals surface area contributed by atoms with Gasteiger partial charge in [-0.15, -0.1) is 0 Å². The smallest absolute Gasteiger partial charge is 0.280 e. The Morgan fingerprint density at radius 1 is 1.09 bits per heavy atom. The summed E-state index contributed by atoms with van der Waals surface area (Å²) >= 11 is 0. The average Bonchev–Trinajstić information content (AvgIpc) is 2.81. The lowest BCUT2D eigenvalue weighted by atomic mass is 9.90. The van der Waals surface area contributed by atoms with E-state index in [2.05, 4.69) is 30.6 Å². The first kappa shape index (κ1) is 24.8. The number of nitrogen functional groups attached to an aromatic ring is 1. The molecule has 0 saturated heterocycles. The Balaban J connectivity index is 1.52. The van der Waals surface area contributed by atoms with Gasteiger partial charge >= 0.3 is 0 Å². The number of anilines is 2. The number of rotatable bonds is 10. The molecule has 10 nitrogen and oxygen atoms in total. The van der Waals surface area contributed by atoms with Gasteiger partial charge in [0.25, 0.3) is 11.5 Å². The molecule has 2 atom stereocenters. The highest BCUT2D eigenvalue weighted by Gasteiger charge is 2.18. The fourth-order valence-corrected chi connectivity index (χ4v) is 3.33. The number of fused-ring (bicyclic) bond motifs is 1. The number of ketones is 1. The van der Waals surface area contributed by atoms with Crippen LogP contribution in [-0.4, -0.2) is 37.7 Å². The maximum absolute atomic E-state index is 12.5. The number of carbonyl (C=O) groups excluding carboxylic acids is 2. The lowest BCUT2D eigenvalue weighted by molar-refractivity contribution is -0.123. The molecular formula is C24H31N7O3. The molecular weight excluding hydrogens is 434 g/mol. The van der Waals surface area contributed by atoms with E-state index in [0.29, 0.717) is 36.6 Å². The molecule has 0 bridgehead atoms. The Kier molecular flexibility index (Phi) is 7.93. The quantitative estimate of drug-likeness (QED) is 0.356. The predicted octanol–water partition coefficient (Wildman–Crippen LogP) is 2.67. The number of nitrogens with one attached hydrogen (secondary N) is 3. The SMILES string of the molecule is CC(C)C(C)C(=O)CC[C@@H](C)NC(=O)c1ccc(NCc2cnc3nc(N)[nH]c(=O)c3n2)cc1. The van der Waals surface area contributed by atoms with Gasteiger partial charge in [0.1, 0.15) is 5.78 Å². The molecule has 0 fully saturated rings. The molecule has 5 N–H and O–H groups in total. The summed E-state index contributed by atoms with van der Waals surface area (Å²) in [7, 11) is 0. The highest BCUT2D eigenvalue weighted by molar-refractivity contribution is 5.94. The van der Waals surface area contributed by atoms with E-state index in [9.17, 15) is 14.4 Å². The standard InChI is InChI=1S/C24H31N7O3/c1-13(2)15(4)19(32)10-5-14(3)28-22(33)16-6-8-17(9-7-16)26-11-18-12-27-21-20(29-18)23(34)31-24(25)30-21/h6-9,12-15,26H,5,10-11H2,1-4H3,(H,28,33)(H3,25,27,30,31,34)/t14-,15?/m1/s1. The second-order valence-electron chi connectivity index (χ2n) is 8.83. The van der Waals surface area contributed by atoms with Gasteiger partial charge in [0.15, 0.2) is 11.2 Å². The van der Waals surface area contributed by atoms with Crippen molar-refractivity contribution in [2.45, 2.75) is 53.1 Å². The summed E-state index contributed by atoms with van der Waals surface area (Å²) in [5, 5.41) is 6.13. The Labute approximate surface area is 197 Å². The summed E-state index contributed by atoms with van der Waals surface area (Å²) in [4.78, 5) is 51.5. The van der Waals surface area contributed by atoms with Crippen LogP contribution in [0.3, 0.4) is 0 Å². The number of aromatic nitrogens is 4. The summed E-state index contributed by atoms with van der Waals surface area (Å²) < 4.78 is 0. The highest BCUT2D eigenvalue weighted by Crippen LogP contribution is 2.15. The highest BCUT2D eigenvalue weighted by atomic mass is 16.2. The molecule has 1 unspecified atom stereocenters. The van der Waals surface area contributed by atoms with Gasteiger partial charge in [-0.1, -0.05) is 20.8 Å². The fraction of sp³-hybridized carbons (Fsp3) is 0.417. The lowest BCUT2D eigenvalue weighted by Gasteiger charge is -2.17. The van der Waals surface area contributed by atoms with Gasteiger partial charge in [0.05, 0.1) is 18.4 Å². The molecule has 0 spiro atoms. The lowest BCUT2D eigenvalue weighted by Crippen LogP contribution is -2.33. The Bertz CT molecular complexity index is 1220. The first-order valence-corrected chi connectivity index (χ1v) is 11.3. The minimum atomic E-state index is -0.444. The van der Waals surface area contributed by atoms with Gasteiger partial charge in [-0.25, -0.2) is 9.97 Å². The molecule has 0 aliphatic heterocycles. The van der Waals surface area contributed by atoms with Crippen LogP contribution in [0, 0.1) is 11.8 Å². The molecule has 2 aromatic heterocycles. The fourth-order valence-electron chi connectivity index (χ4n) is 3.33. The molecule has 0 aliphatic rings. The van der Waals surface area contributed by atoms with Crippen LogP contribution < -0.4 is 21.9 Å². The number of nitrogens with two attached hydrogens (primary N) is 1. The second-order valence-corrected chi connectivity index (χ2v) is 8.83. The van der Waals surface area contributed by atoms with E-state index in [1.165, 1.54) is 6.20 Å². The minimum Gasteiger partial charge on any atom is -0.379 e. The van der Waals surface area contributed by atoms with Crippen LogP contribution >= 0.6 is 0 Å². The second kappa shape index (κ2) is 10.9. The van der Waals surface area contributed by atoms with Crippen molar-refractivity contribution >= 4 is 34.5 Å². The summed E-state index contributed by atoms with van der Waals surface area (Å²) in [5.74, 6) is 0.379. The monoisotopic (exact) mass is 465 g/mol. The van der Waals surface area contributed by atoms with Gasteiger partial charge in [-0.3, -0.25) is 19.4 Å². The van der Waals surface area contributed by atoms with Gasteiger partial charge in [-0.2, -0.15) is 4.98 Å². The van der Waals surface area contributed by atoms with E-state index < -0.39 is 5.56 Å². The maximum Gasteiger partial charge on any atom is 0.280 e. The number of Topliss-reactive ketones (excluding diaryl/α,β-unsaturated/α-hetero) is 1. The third-order valence-corrected chi connectivity index (χ3v) is 5.82. The molecule has 0 radical (unpaired) electrons. The molecule has 34 heavy (non-hydrogen) atoms. The Morgan fingerprint density at radius 3 is 2.47 bits per heavy atom. The predicted molar refractivity (Wildman–Crippen MR) is 131 cm³/mol. The third-order valence-electron chi connectivity index (χ3n) is 5.82. The van der Waals surface area contributed by atoms with E-state index in [1.54, 1.807) is 24.3 Å². The summed E-state index contributed by atoms with van der Waals surface area (Å²) in [6.45, 7) is 8.26. The number of amides is 1. The first-order valence-electron chi connectivity index (χ1n) is 11.3. The molecule has 1 amide bonds. The molecule has 3 aromatic rings. The Hall–Kier alpha value is -3.82. The largest absolute Gasteiger partial charge is 0.379 e. The normalized spacial score (nSPS) is 13.0. The Morgan fingerprint density at radius 2 is 1.79 bits per heavy atom. The van der Waals surface area contributed by atoms with Crippen LogP contribution in [-0.2, 0) is 11.3 Å². The van der Waals surface area contributed by atoms with E-state index in [4.69, 9.17) is 5.73 Å². The van der Waals surface area contributed by atoms with Crippen LogP contribution in [0.25, 0.3) is 11.2 Å². The van der Waals surface area contributed by atoms with E-state index in [0.717, 1.165) is 5.69 Å². The van der Waals surface area contributed by atoms with Crippen LogP contribution in [0.2, 0.25) is 0 Å². The van der Waals surface area contributed by atoms with Crippen LogP contribution in [0.1, 0.15) is 56.6 Å². The zero-order valence-corrected chi connectivity index (χ0v) is 19.9. The van der Waals surface area contributed by atoms with Gasteiger partial charge < -0.3 is 16.4 Å². The van der Waals surface area contributed by atoms with E-state index in [-0.39, 0.29) is 40.8 Å². The van der Waals surface area contributed by atoms with E-state index in [1.807, 2.05) is 27.7 Å². The summed E-state index contributed by atoms with van der Waals surface area (Å²) in [6.07, 6.45) is 2.59.